The van der Waals surface area contributed by atoms with Crippen LogP contribution in [-0.2, 0) is 9.53 Å². The van der Waals surface area contributed by atoms with Gasteiger partial charge in [-0.25, -0.2) is 4.79 Å². The van der Waals surface area contributed by atoms with Gasteiger partial charge in [-0.15, -0.1) is 0 Å². The maximum atomic E-state index is 12.0. The highest BCUT2D eigenvalue weighted by Crippen LogP contribution is 2.40. The molecule has 0 saturated carbocycles. The van der Waals surface area contributed by atoms with E-state index in [1.807, 2.05) is 6.92 Å². The number of methoxy groups -OCH3 is 2. The number of cyclic esters (lactones) is 1. The molecule has 0 aromatic heterocycles. The number of unbranched alkanes of at least 4 members (excludes halogenated alkanes) is 1. The Balaban J connectivity index is 2.14. The van der Waals surface area contributed by atoms with E-state index in [2.05, 4.69) is 10.9 Å². The van der Waals surface area contributed by atoms with E-state index in [4.69, 9.17) is 14.2 Å². The Morgan fingerprint density at radius 3 is 2.73 bits per heavy atom. The largest absolute Gasteiger partial charge is 0.493 e. The first-order valence-corrected chi connectivity index (χ1v) is 7.12. The van der Waals surface area contributed by atoms with Gasteiger partial charge in [0.2, 0.25) is 5.91 Å². The van der Waals surface area contributed by atoms with Gasteiger partial charge in [-0.3, -0.25) is 10.2 Å². The van der Waals surface area contributed by atoms with Crippen LogP contribution < -0.4 is 20.3 Å². The lowest BCUT2D eigenvalue weighted by molar-refractivity contribution is -0.123. The van der Waals surface area contributed by atoms with Crippen LogP contribution in [0.5, 0.6) is 11.5 Å². The van der Waals surface area contributed by atoms with Gasteiger partial charge in [-0.2, -0.15) is 5.43 Å². The first kappa shape index (κ1) is 16.1. The molecular weight excluding hydrogens is 288 g/mol. The fourth-order valence-corrected chi connectivity index (χ4v) is 2.25. The Labute approximate surface area is 128 Å². The molecule has 1 heterocycles. The van der Waals surface area contributed by atoms with Gasteiger partial charge in [0.05, 0.1) is 14.2 Å². The highest BCUT2D eigenvalue weighted by atomic mass is 16.6. The maximum absolute atomic E-state index is 12.0. The molecule has 0 saturated heterocycles. The molecule has 1 aromatic carbocycles. The minimum Gasteiger partial charge on any atom is -0.493 e. The molecule has 2 N–H and O–H groups in total. The fourth-order valence-electron chi connectivity index (χ4n) is 2.25. The van der Waals surface area contributed by atoms with E-state index >= 15 is 0 Å². The normalized spacial score (nSPS) is 16.0. The van der Waals surface area contributed by atoms with E-state index in [-0.39, 0.29) is 5.91 Å². The number of nitrogens with one attached hydrogen (secondary N) is 2. The van der Waals surface area contributed by atoms with Crippen LogP contribution in [0.15, 0.2) is 12.1 Å². The van der Waals surface area contributed by atoms with Gasteiger partial charge >= 0.3 is 5.97 Å². The third-order valence-electron chi connectivity index (χ3n) is 3.39. The molecule has 1 aliphatic rings. The summed E-state index contributed by atoms with van der Waals surface area (Å²) in [4.78, 5) is 23.6. The molecule has 1 atom stereocenters. The van der Waals surface area contributed by atoms with Crippen molar-refractivity contribution in [2.45, 2.75) is 32.4 Å². The van der Waals surface area contributed by atoms with Crippen LogP contribution in [-0.4, -0.2) is 26.1 Å². The smallest absolute Gasteiger partial charge is 0.344 e. The molecule has 0 unspecified atom stereocenters. The zero-order valence-electron chi connectivity index (χ0n) is 12.9. The molecule has 7 nitrogen and oxygen atoms in total. The first-order chi connectivity index (χ1) is 10.6. The summed E-state index contributed by atoms with van der Waals surface area (Å²) >= 11 is 0. The lowest BCUT2D eigenvalue weighted by Gasteiger charge is -2.14. The van der Waals surface area contributed by atoms with Crippen molar-refractivity contribution in [2.75, 3.05) is 14.2 Å². The van der Waals surface area contributed by atoms with E-state index in [1.165, 1.54) is 14.2 Å². The molecule has 1 amide bonds. The number of hydrogen-bond donors (Lipinski definition) is 2. The summed E-state index contributed by atoms with van der Waals surface area (Å²) in [7, 11) is 2.95. The van der Waals surface area contributed by atoms with Crippen LogP contribution in [0, 0.1) is 0 Å². The van der Waals surface area contributed by atoms with Gasteiger partial charge in [-0.1, -0.05) is 13.3 Å². The lowest BCUT2D eigenvalue weighted by Crippen LogP contribution is -2.40. The SMILES string of the molecule is CCCCC(=O)NN[C@@H]1OC(=O)c2c1ccc(OC)c2OC. The average molecular weight is 308 g/mol. The average Bonchev–Trinajstić information content (AvgIpc) is 2.86. The molecule has 0 radical (unpaired) electrons. The number of hydrazine groups is 1. The summed E-state index contributed by atoms with van der Waals surface area (Å²) < 4.78 is 15.6. The summed E-state index contributed by atoms with van der Waals surface area (Å²) in [5, 5.41) is 0. The molecule has 0 aliphatic carbocycles. The second-order valence-electron chi connectivity index (χ2n) is 4.85. The number of amides is 1. The van der Waals surface area contributed by atoms with Crippen LogP contribution in [0.3, 0.4) is 0 Å². The quantitative estimate of drug-likeness (QED) is 0.589. The van der Waals surface area contributed by atoms with Crippen molar-refractivity contribution in [3.05, 3.63) is 23.3 Å². The van der Waals surface area contributed by atoms with Gasteiger partial charge in [0, 0.05) is 12.0 Å². The van der Waals surface area contributed by atoms with Crippen LogP contribution in [0.1, 0.15) is 48.3 Å². The van der Waals surface area contributed by atoms with Crippen molar-refractivity contribution in [2.24, 2.45) is 0 Å². The number of hydrogen-bond acceptors (Lipinski definition) is 6. The molecule has 1 aromatic rings. The first-order valence-electron chi connectivity index (χ1n) is 7.12. The van der Waals surface area contributed by atoms with Crippen LogP contribution in [0.4, 0.5) is 0 Å². The molecule has 0 fully saturated rings. The maximum Gasteiger partial charge on any atom is 0.344 e. The van der Waals surface area contributed by atoms with Crippen molar-refractivity contribution in [1.82, 2.24) is 10.9 Å². The van der Waals surface area contributed by atoms with E-state index in [0.717, 1.165) is 12.8 Å². The van der Waals surface area contributed by atoms with Gasteiger partial charge in [0.1, 0.15) is 5.56 Å². The predicted octanol–water partition coefficient (Wildman–Crippen LogP) is 1.68. The molecule has 120 valence electrons. The Bertz CT molecular complexity index is 573. The Kier molecular flexibility index (Phi) is 5.21. The number of fused-ring (bicyclic) bond motifs is 1. The minimum absolute atomic E-state index is 0.146. The third-order valence-corrected chi connectivity index (χ3v) is 3.39. The molecule has 0 bridgehead atoms. The molecule has 0 spiro atoms. The third kappa shape index (κ3) is 3.14. The van der Waals surface area contributed by atoms with Crippen molar-refractivity contribution >= 4 is 11.9 Å². The summed E-state index contributed by atoms with van der Waals surface area (Å²) in [6.07, 6.45) is 1.42. The Morgan fingerprint density at radius 2 is 2.09 bits per heavy atom. The van der Waals surface area contributed by atoms with E-state index in [0.29, 0.717) is 29.0 Å². The van der Waals surface area contributed by atoms with Gasteiger partial charge < -0.3 is 14.2 Å². The lowest BCUT2D eigenvalue weighted by atomic mass is 10.1. The zero-order chi connectivity index (χ0) is 16.1. The fraction of sp³-hybridized carbons (Fsp3) is 0.467. The van der Waals surface area contributed by atoms with E-state index in [1.54, 1.807) is 12.1 Å². The number of carbonyl (C=O) groups excluding carboxylic acids is 2. The molecule has 1 aliphatic heterocycles. The monoisotopic (exact) mass is 308 g/mol. The van der Waals surface area contributed by atoms with Gasteiger partial charge in [0.15, 0.2) is 17.7 Å². The van der Waals surface area contributed by atoms with Crippen molar-refractivity contribution in [1.29, 1.82) is 0 Å². The van der Waals surface area contributed by atoms with Crippen LogP contribution in [0.25, 0.3) is 0 Å². The second-order valence-corrected chi connectivity index (χ2v) is 4.85. The topological polar surface area (TPSA) is 85.9 Å². The number of benzene rings is 1. The zero-order valence-corrected chi connectivity index (χ0v) is 12.9. The predicted molar refractivity (Wildman–Crippen MR) is 78.5 cm³/mol. The van der Waals surface area contributed by atoms with Gasteiger partial charge in [0.25, 0.3) is 0 Å². The highest BCUT2D eigenvalue weighted by molar-refractivity contribution is 5.98. The van der Waals surface area contributed by atoms with E-state index < -0.39 is 12.2 Å². The molecular formula is C15H20N2O5. The van der Waals surface area contributed by atoms with Gasteiger partial charge in [-0.05, 0) is 18.6 Å². The minimum atomic E-state index is -0.743. The van der Waals surface area contributed by atoms with Crippen LogP contribution in [0.2, 0.25) is 0 Å². The molecule has 2 rings (SSSR count). The number of carbonyl (C=O) groups is 2. The second kappa shape index (κ2) is 7.13. The summed E-state index contributed by atoms with van der Waals surface area (Å²) in [6.45, 7) is 2.01. The van der Waals surface area contributed by atoms with Crippen molar-refractivity contribution in [3.8, 4) is 11.5 Å². The number of rotatable bonds is 7. The number of ether oxygens (including phenoxy) is 3. The van der Waals surface area contributed by atoms with Crippen molar-refractivity contribution in [3.63, 3.8) is 0 Å². The van der Waals surface area contributed by atoms with Crippen LogP contribution >= 0.6 is 0 Å². The molecule has 22 heavy (non-hydrogen) atoms. The Hall–Kier alpha value is -2.28. The van der Waals surface area contributed by atoms with E-state index in [9.17, 15) is 9.59 Å². The molecule has 7 heteroatoms. The Morgan fingerprint density at radius 1 is 1.32 bits per heavy atom. The highest BCUT2D eigenvalue weighted by Gasteiger charge is 2.35. The summed E-state index contributed by atoms with van der Waals surface area (Å²) in [6, 6.07) is 3.39. The van der Waals surface area contributed by atoms with Crippen molar-refractivity contribution < 1.29 is 23.8 Å². The summed E-state index contributed by atoms with van der Waals surface area (Å²) in [5.41, 5.74) is 6.18. The number of esters is 1. The standard InChI is InChI=1S/C15H20N2O5/c1-4-5-6-11(18)16-17-14-9-7-8-10(20-2)13(21-3)12(9)15(19)22-14/h7-8,14,17H,4-6H2,1-3H3,(H,16,18)/t14-/m1/s1. The summed E-state index contributed by atoms with van der Waals surface area (Å²) in [5.74, 6) is 0.107.